The van der Waals surface area contributed by atoms with Crippen LogP contribution in [0.25, 0.3) is 0 Å². The summed E-state index contributed by atoms with van der Waals surface area (Å²) in [5.41, 5.74) is 0.522. The molecule has 0 aliphatic rings. The molecule has 0 unspecified atom stereocenters. The maximum atomic E-state index is 12.4. The Kier molecular flexibility index (Phi) is 4.58. The Labute approximate surface area is 101 Å². The van der Waals surface area contributed by atoms with Crippen LogP contribution in [-0.2, 0) is 0 Å². The number of hydrogen-bond acceptors (Lipinski definition) is 2. The molecule has 0 bridgehead atoms. The van der Waals surface area contributed by atoms with Crippen molar-refractivity contribution >= 4 is 21.6 Å². The third-order valence-electron chi connectivity index (χ3n) is 1.96. The maximum Gasteiger partial charge on any atom is 0.405 e. The van der Waals surface area contributed by atoms with E-state index in [2.05, 4.69) is 20.9 Å². The fourth-order valence-electron chi connectivity index (χ4n) is 1.40. The minimum Gasteiger partial charge on any atom is -0.362 e. The number of anilines is 1. The van der Waals surface area contributed by atoms with Crippen molar-refractivity contribution in [2.75, 3.05) is 18.0 Å². The fraction of sp³-hybridized carbons (Fsp3) is 0.500. The van der Waals surface area contributed by atoms with Crippen LogP contribution in [0, 0.1) is 0 Å². The van der Waals surface area contributed by atoms with Gasteiger partial charge in [0.1, 0.15) is 6.54 Å². The Morgan fingerprint density at radius 1 is 1.44 bits per heavy atom. The standard InChI is InChI=1S/C10H12BrF3N2/c1-2-5-16(7-10(12,13)14)9-3-4-15-6-8(9)11/h3-4,6H,2,5,7H2,1H3. The van der Waals surface area contributed by atoms with Crippen LogP contribution >= 0.6 is 15.9 Å². The van der Waals surface area contributed by atoms with E-state index < -0.39 is 12.7 Å². The van der Waals surface area contributed by atoms with E-state index in [1.807, 2.05) is 6.92 Å². The minimum atomic E-state index is -4.20. The molecule has 0 fully saturated rings. The van der Waals surface area contributed by atoms with E-state index in [9.17, 15) is 13.2 Å². The van der Waals surface area contributed by atoms with Crippen LogP contribution in [0.2, 0.25) is 0 Å². The van der Waals surface area contributed by atoms with Crippen molar-refractivity contribution in [3.63, 3.8) is 0 Å². The molecule has 1 aromatic rings. The zero-order valence-corrected chi connectivity index (χ0v) is 10.3. The first-order chi connectivity index (χ1) is 7.44. The number of alkyl halides is 3. The summed E-state index contributed by atoms with van der Waals surface area (Å²) < 4.78 is 37.7. The van der Waals surface area contributed by atoms with Gasteiger partial charge in [-0.3, -0.25) is 4.98 Å². The number of rotatable bonds is 4. The van der Waals surface area contributed by atoms with Crippen molar-refractivity contribution in [2.45, 2.75) is 19.5 Å². The van der Waals surface area contributed by atoms with E-state index >= 15 is 0 Å². The summed E-state index contributed by atoms with van der Waals surface area (Å²) in [7, 11) is 0. The molecule has 0 aromatic carbocycles. The molecule has 0 N–H and O–H groups in total. The lowest BCUT2D eigenvalue weighted by molar-refractivity contribution is -0.119. The van der Waals surface area contributed by atoms with Crippen molar-refractivity contribution in [1.29, 1.82) is 0 Å². The molecule has 6 heteroatoms. The molecule has 0 saturated carbocycles. The molecule has 16 heavy (non-hydrogen) atoms. The highest BCUT2D eigenvalue weighted by Gasteiger charge is 2.31. The molecule has 90 valence electrons. The first-order valence-electron chi connectivity index (χ1n) is 4.85. The van der Waals surface area contributed by atoms with Crippen molar-refractivity contribution < 1.29 is 13.2 Å². The third-order valence-corrected chi connectivity index (χ3v) is 2.57. The van der Waals surface area contributed by atoms with Gasteiger partial charge in [0.2, 0.25) is 0 Å². The number of hydrogen-bond donors (Lipinski definition) is 0. The molecule has 1 aromatic heterocycles. The van der Waals surface area contributed by atoms with Gasteiger partial charge in [-0.1, -0.05) is 6.92 Å². The molecule has 0 aliphatic heterocycles. The summed E-state index contributed by atoms with van der Waals surface area (Å²) in [5.74, 6) is 0. The van der Waals surface area contributed by atoms with Crippen LogP contribution in [0.3, 0.4) is 0 Å². The second kappa shape index (κ2) is 5.52. The normalized spacial score (nSPS) is 11.6. The van der Waals surface area contributed by atoms with E-state index in [0.717, 1.165) is 0 Å². The highest BCUT2D eigenvalue weighted by atomic mass is 79.9. The Morgan fingerprint density at radius 3 is 2.62 bits per heavy atom. The molecule has 0 saturated heterocycles. The van der Waals surface area contributed by atoms with Gasteiger partial charge in [-0.2, -0.15) is 13.2 Å². The lowest BCUT2D eigenvalue weighted by atomic mass is 10.3. The predicted molar refractivity (Wildman–Crippen MR) is 60.5 cm³/mol. The lowest BCUT2D eigenvalue weighted by Crippen LogP contribution is -2.35. The Morgan fingerprint density at radius 2 is 2.12 bits per heavy atom. The summed E-state index contributed by atoms with van der Waals surface area (Å²) in [6.07, 6.45) is -0.559. The van der Waals surface area contributed by atoms with Gasteiger partial charge in [0.05, 0.1) is 10.2 Å². The van der Waals surface area contributed by atoms with Gasteiger partial charge in [0.15, 0.2) is 0 Å². The fourth-order valence-corrected chi connectivity index (χ4v) is 1.90. The number of nitrogens with zero attached hydrogens (tertiary/aromatic N) is 2. The summed E-state index contributed by atoms with van der Waals surface area (Å²) in [4.78, 5) is 5.13. The number of aromatic nitrogens is 1. The molecule has 0 spiro atoms. The highest BCUT2D eigenvalue weighted by Crippen LogP contribution is 2.28. The van der Waals surface area contributed by atoms with Crippen LogP contribution in [0.5, 0.6) is 0 Å². The highest BCUT2D eigenvalue weighted by molar-refractivity contribution is 9.10. The smallest absolute Gasteiger partial charge is 0.362 e. The van der Waals surface area contributed by atoms with E-state index in [1.165, 1.54) is 17.3 Å². The average molecular weight is 297 g/mol. The van der Waals surface area contributed by atoms with Crippen LogP contribution in [0.15, 0.2) is 22.9 Å². The molecular formula is C10H12BrF3N2. The van der Waals surface area contributed by atoms with Gasteiger partial charge in [-0.15, -0.1) is 0 Å². The van der Waals surface area contributed by atoms with Gasteiger partial charge in [0, 0.05) is 18.9 Å². The lowest BCUT2D eigenvalue weighted by Gasteiger charge is -2.26. The Bertz CT molecular complexity index is 341. The SMILES string of the molecule is CCCN(CC(F)(F)F)c1ccncc1Br. The quantitative estimate of drug-likeness (QED) is 0.843. The molecule has 0 radical (unpaired) electrons. The zero-order chi connectivity index (χ0) is 12.2. The van der Waals surface area contributed by atoms with Crippen LogP contribution < -0.4 is 4.90 Å². The second-order valence-corrected chi connectivity index (χ2v) is 4.22. The maximum absolute atomic E-state index is 12.4. The van der Waals surface area contributed by atoms with E-state index in [4.69, 9.17) is 0 Å². The van der Waals surface area contributed by atoms with Gasteiger partial charge in [-0.05, 0) is 28.4 Å². The average Bonchev–Trinajstić information content (AvgIpc) is 2.16. The first kappa shape index (κ1) is 13.3. The molecule has 0 aliphatic carbocycles. The largest absolute Gasteiger partial charge is 0.405 e. The second-order valence-electron chi connectivity index (χ2n) is 3.36. The summed E-state index contributed by atoms with van der Waals surface area (Å²) >= 11 is 3.20. The number of halogens is 4. The Balaban J connectivity index is 2.89. The van der Waals surface area contributed by atoms with Gasteiger partial charge >= 0.3 is 6.18 Å². The monoisotopic (exact) mass is 296 g/mol. The molecule has 1 rings (SSSR count). The van der Waals surface area contributed by atoms with Crippen molar-refractivity contribution in [3.8, 4) is 0 Å². The molecule has 1 heterocycles. The van der Waals surface area contributed by atoms with E-state index in [-0.39, 0.29) is 0 Å². The van der Waals surface area contributed by atoms with Crippen molar-refractivity contribution in [3.05, 3.63) is 22.9 Å². The van der Waals surface area contributed by atoms with Crippen LogP contribution in [-0.4, -0.2) is 24.2 Å². The Hall–Kier alpha value is -0.780. The summed E-state index contributed by atoms with van der Waals surface area (Å²) in [6, 6.07) is 1.57. The molecular weight excluding hydrogens is 285 g/mol. The van der Waals surface area contributed by atoms with Crippen LogP contribution in [0.1, 0.15) is 13.3 Å². The number of pyridine rings is 1. The third kappa shape index (κ3) is 4.00. The van der Waals surface area contributed by atoms with Gasteiger partial charge < -0.3 is 4.90 Å². The van der Waals surface area contributed by atoms with Gasteiger partial charge in [0.25, 0.3) is 0 Å². The van der Waals surface area contributed by atoms with E-state index in [0.29, 0.717) is 23.1 Å². The van der Waals surface area contributed by atoms with Crippen LogP contribution in [0.4, 0.5) is 18.9 Å². The van der Waals surface area contributed by atoms with Crippen molar-refractivity contribution in [1.82, 2.24) is 4.98 Å². The molecule has 0 amide bonds. The molecule has 0 atom stereocenters. The summed E-state index contributed by atoms with van der Waals surface area (Å²) in [6.45, 7) is 1.27. The predicted octanol–water partition coefficient (Wildman–Crippen LogP) is 3.62. The van der Waals surface area contributed by atoms with E-state index in [1.54, 1.807) is 6.07 Å². The van der Waals surface area contributed by atoms with Gasteiger partial charge in [-0.25, -0.2) is 0 Å². The minimum absolute atomic E-state index is 0.363. The topological polar surface area (TPSA) is 16.1 Å². The zero-order valence-electron chi connectivity index (χ0n) is 8.76. The molecule has 2 nitrogen and oxygen atoms in total. The summed E-state index contributed by atoms with van der Waals surface area (Å²) in [5, 5.41) is 0. The first-order valence-corrected chi connectivity index (χ1v) is 5.64. The van der Waals surface area contributed by atoms with Crippen molar-refractivity contribution in [2.24, 2.45) is 0 Å².